The number of aromatic nitrogens is 1. The van der Waals surface area contributed by atoms with E-state index >= 15 is 0 Å². The van der Waals surface area contributed by atoms with Gasteiger partial charge in [-0.25, -0.2) is 0 Å². The molecule has 0 radical (unpaired) electrons. The first kappa shape index (κ1) is 29.7. The molecule has 7 aromatic carbocycles. The molecule has 1 heterocycles. The highest BCUT2D eigenvalue weighted by Crippen LogP contribution is 2.41. The third-order valence-corrected chi connectivity index (χ3v) is 9.90. The minimum atomic E-state index is 0.387. The lowest BCUT2D eigenvalue weighted by Crippen LogP contribution is -2.17. The summed E-state index contributed by atoms with van der Waals surface area (Å²) in [5, 5.41) is 2.54. The van der Waals surface area contributed by atoms with E-state index in [-0.39, 0.29) is 0 Å². The van der Waals surface area contributed by atoms with Gasteiger partial charge in [0.15, 0.2) is 0 Å². The Kier molecular flexibility index (Phi) is 7.68. The third-order valence-electron chi connectivity index (χ3n) is 9.90. The fourth-order valence-electron chi connectivity index (χ4n) is 7.55. The van der Waals surface area contributed by atoms with Crippen LogP contribution in [-0.2, 0) is 0 Å². The van der Waals surface area contributed by atoms with E-state index in [0.717, 1.165) is 17.8 Å². The number of allylic oxidation sites excluding steroid dienone is 3. The monoisotopic (exact) mass is 640 g/mol. The number of hydrogen-bond acceptors (Lipinski definition) is 1. The molecule has 1 aliphatic rings. The Balaban J connectivity index is 1.12. The van der Waals surface area contributed by atoms with E-state index in [1.54, 1.807) is 0 Å². The smallest absolute Gasteiger partial charge is 0.0547 e. The summed E-state index contributed by atoms with van der Waals surface area (Å²) in [7, 11) is 0. The Labute approximate surface area is 293 Å². The van der Waals surface area contributed by atoms with Crippen molar-refractivity contribution in [2.45, 2.75) is 12.3 Å². The molecule has 2 heteroatoms. The van der Waals surface area contributed by atoms with E-state index in [9.17, 15) is 0 Å². The van der Waals surface area contributed by atoms with Crippen LogP contribution in [0.2, 0.25) is 0 Å². The van der Waals surface area contributed by atoms with Crippen molar-refractivity contribution in [2.75, 3.05) is 4.90 Å². The number of fused-ring (bicyclic) bond motifs is 3. The van der Waals surface area contributed by atoms with Crippen LogP contribution in [0, 0.1) is 0 Å². The lowest BCUT2D eigenvalue weighted by atomic mass is 9.91. The Morgan fingerprint density at radius 2 is 1.12 bits per heavy atom. The number of rotatable bonds is 7. The molecule has 50 heavy (non-hydrogen) atoms. The Hall–Kier alpha value is -6.38. The van der Waals surface area contributed by atoms with Crippen molar-refractivity contribution in [1.29, 1.82) is 0 Å². The summed E-state index contributed by atoms with van der Waals surface area (Å²) in [5.74, 6) is 0.387. The lowest BCUT2D eigenvalue weighted by molar-refractivity contribution is 0.840. The summed E-state index contributed by atoms with van der Waals surface area (Å²) in [4.78, 5) is 2.38. The zero-order valence-corrected chi connectivity index (χ0v) is 27.7. The maximum absolute atomic E-state index is 2.39. The van der Waals surface area contributed by atoms with Crippen LogP contribution < -0.4 is 4.90 Å². The quantitative estimate of drug-likeness (QED) is 0.168. The molecule has 0 spiro atoms. The fourth-order valence-corrected chi connectivity index (χ4v) is 7.55. The van der Waals surface area contributed by atoms with E-state index in [4.69, 9.17) is 0 Å². The maximum Gasteiger partial charge on any atom is 0.0547 e. The van der Waals surface area contributed by atoms with E-state index in [0.29, 0.717) is 5.92 Å². The molecule has 0 amide bonds. The van der Waals surface area contributed by atoms with Gasteiger partial charge in [0.05, 0.1) is 11.0 Å². The van der Waals surface area contributed by atoms with Gasteiger partial charge in [0.25, 0.3) is 0 Å². The van der Waals surface area contributed by atoms with E-state index in [1.165, 1.54) is 61.0 Å². The summed E-state index contributed by atoms with van der Waals surface area (Å²) in [5.41, 5.74) is 13.3. The summed E-state index contributed by atoms with van der Waals surface area (Å²) < 4.78 is 2.39. The molecule has 238 valence electrons. The first-order valence-electron chi connectivity index (χ1n) is 17.4. The van der Waals surface area contributed by atoms with Gasteiger partial charge < -0.3 is 9.47 Å². The van der Waals surface area contributed by atoms with Gasteiger partial charge in [0, 0.05) is 39.4 Å². The van der Waals surface area contributed by atoms with Crippen LogP contribution in [0.15, 0.2) is 206 Å². The van der Waals surface area contributed by atoms with Crippen LogP contribution >= 0.6 is 0 Å². The highest BCUT2D eigenvalue weighted by atomic mass is 15.1. The van der Waals surface area contributed by atoms with Gasteiger partial charge in [0.2, 0.25) is 0 Å². The number of nitrogens with zero attached hydrogens (tertiary/aromatic N) is 2. The molecule has 0 bridgehead atoms. The minimum Gasteiger partial charge on any atom is -0.311 e. The van der Waals surface area contributed by atoms with Crippen molar-refractivity contribution in [2.24, 2.45) is 0 Å². The second-order valence-electron chi connectivity index (χ2n) is 12.9. The summed E-state index contributed by atoms with van der Waals surface area (Å²) in [6, 6.07) is 65.6. The van der Waals surface area contributed by atoms with E-state index in [1.807, 2.05) is 0 Å². The number of para-hydroxylation sites is 3. The summed E-state index contributed by atoms with van der Waals surface area (Å²) in [6.07, 6.45) is 7.98. The second kappa shape index (κ2) is 12.9. The van der Waals surface area contributed by atoms with Crippen LogP contribution in [0.4, 0.5) is 11.4 Å². The van der Waals surface area contributed by atoms with Gasteiger partial charge in [-0.15, -0.1) is 0 Å². The average molecular weight is 641 g/mol. The zero-order chi connectivity index (χ0) is 33.3. The predicted octanol–water partition coefficient (Wildman–Crippen LogP) is 12.9. The van der Waals surface area contributed by atoms with Crippen molar-refractivity contribution in [3.63, 3.8) is 0 Å². The molecular formula is C48H36N2. The molecule has 1 aromatic heterocycles. The highest BCUT2D eigenvalue weighted by molar-refractivity contribution is 6.15. The van der Waals surface area contributed by atoms with Crippen molar-refractivity contribution in [1.82, 2.24) is 4.57 Å². The molecule has 0 saturated heterocycles. The SMILES string of the molecule is C1=CC(c2ccccc2)CC=C1N(c1ccccc1)c1cccc(-c2cccc(-c3cccc4c3c3ccccc3n4-c3ccccc3)c2)c1. The molecule has 0 aliphatic heterocycles. The summed E-state index contributed by atoms with van der Waals surface area (Å²) in [6.45, 7) is 0. The molecule has 8 aromatic rings. The Morgan fingerprint density at radius 1 is 0.500 bits per heavy atom. The second-order valence-corrected chi connectivity index (χ2v) is 12.9. The standard InChI is InChI=1S/C48H36N2/c1-4-15-35(16-5-1)36-29-31-42(32-30-36)49(40-20-6-2-7-21-40)43-24-13-18-38(34-43)37-17-12-19-39(33-37)44-26-14-28-47-48(44)45-25-10-11-27-46(45)50(47)41-22-8-3-9-23-41/h1-29,31-34,36H,30H2. The molecule has 2 nitrogen and oxygen atoms in total. The number of anilines is 2. The molecule has 0 saturated carbocycles. The normalized spacial score (nSPS) is 14.2. The molecule has 1 atom stereocenters. The lowest BCUT2D eigenvalue weighted by Gasteiger charge is -2.29. The van der Waals surface area contributed by atoms with Gasteiger partial charge >= 0.3 is 0 Å². The van der Waals surface area contributed by atoms with Gasteiger partial charge in [-0.1, -0.05) is 140 Å². The van der Waals surface area contributed by atoms with E-state index < -0.39 is 0 Å². The molecule has 1 aliphatic carbocycles. The average Bonchev–Trinajstić information content (AvgIpc) is 3.54. The van der Waals surface area contributed by atoms with Gasteiger partial charge in [-0.2, -0.15) is 0 Å². The first-order chi connectivity index (χ1) is 24.8. The van der Waals surface area contributed by atoms with Crippen LogP contribution in [0.1, 0.15) is 17.9 Å². The fraction of sp³-hybridized carbons (Fsp3) is 0.0417. The number of benzene rings is 7. The Bertz CT molecular complexity index is 2510. The van der Waals surface area contributed by atoms with Gasteiger partial charge in [-0.05, 0) is 94.9 Å². The van der Waals surface area contributed by atoms with Crippen molar-refractivity contribution in [3.05, 3.63) is 211 Å². The van der Waals surface area contributed by atoms with Crippen molar-refractivity contribution < 1.29 is 0 Å². The third kappa shape index (κ3) is 5.41. The van der Waals surface area contributed by atoms with Crippen molar-refractivity contribution in [3.8, 4) is 27.9 Å². The van der Waals surface area contributed by atoms with Crippen LogP contribution in [-0.4, -0.2) is 4.57 Å². The maximum atomic E-state index is 2.39. The topological polar surface area (TPSA) is 8.17 Å². The van der Waals surface area contributed by atoms with Crippen LogP contribution in [0.25, 0.3) is 49.7 Å². The van der Waals surface area contributed by atoms with Gasteiger partial charge in [0.1, 0.15) is 0 Å². The number of hydrogen-bond donors (Lipinski definition) is 0. The van der Waals surface area contributed by atoms with Crippen LogP contribution in [0.5, 0.6) is 0 Å². The largest absolute Gasteiger partial charge is 0.311 e. The van der Waals surface area contributed by atoms with E-state index in [2.05, 4.69) is 210 Å². The predicted molar refractivity (Wildman–Crippen MR) is 211 cm³/mol. The first-order valence-corrected chi connectivity index (χ1v) is 17.4. The molecule has 0 N–H and O–H groups in total. The zero-order valence-electron chi connectivity index (χ0n) is 27.7. The minimum absolute atomic E-state index is 0.387. The van der Waals surface area contributed by atoms with Crippen LogP contribution in [0.3, 0.4) is 0 Å². The van der Waals surface area contributed by atoms with Gasteiger partial charge in [-0.3, -0.25) is 0 Å². The molecule has 0 fully saturated rings. The van der Waals surface area contributed by atoms with Crippen molar-refractivity contribution >= 4 is 33.2 Å². The summed E-state index contributed by atoms with van der Waals surface area (Å²) >= 11 is 0. The molecule has 1 unspecified atom stereocenters. The molecule has 9 rings (SSSR count). The Morgan fingerprint density at radius 3 is 1.90 bits per heavy atom. The highest BCUT2D eigenvalue weighted by Gasteiger charge is 2.19. The molecular weight excluding hydrogens is 605 g/mol.